The van der Waals surface area contributed by atoms with Crippen molar-refractivity contribution in [2.24, 2.45) is 5.41 Å². The highest BCUT2D eigenvalue weighted by Gasteiger charge is 2.36. The normalized spacial score (nSPS) is 29.2. The molecule has 2 saturated carbocycles. The van der Waals surface area contributed by atoms with E-state index in [1.165, 1.54) is 38.5 Å². The van der Waals surface area contributed by atoms with Gasteiger partial charge in [-0.25, -0.2) is 0 Å². The van der Waals surface area contributed by atoms with Crippen molar-refractivity contribution in [2.45, 2.75) is 57.8 Å². The molecule has 2 fully saturated rings. The first-order valence-electron chi connectivity index (χ1n) is 5.33. The summed E-state index contributed by atoms with van der Waals surface area (Å²) in [4.78, 5) is 11.4. The average Bonchev–Trinajstić information content (AvgIpc) is 2.39. The lowest BCUT2D eigenvalue weighted by molar-refractivity contribution is -0.120. The van der Waals surface area contributed by atoms with E-state index in [-0.39, 0.29) is 0 Å². The van der Waals surface area contributed by atoms with Crippen LogP contribution in [0, 0.1) is 5.41 Å². The first kappa shape index (κ1) is 8.28. The Labute approximate surface area is 74.5 Å². The lowest BCUT2D eigenvalue weighted by Crippen LogP contribution is -2.18. The van der Waals surface area contributed by atoms with Crippen molar-refractivity contribution in [3.8, 4) is 0 Å². The van der Waals surface area contributed by atoms with Crippen molar-refractivity contribution < 1.29 is 4.79 Å². The van der Waals surface area contributed by atoms with Gasteiger partial charge in [-0.05, 0) is 31.1 Å². The predicted molar refractivity (Wildman–Crippen MR) is 49.0 cm³/mol. The number of Topliss-reactive ketones (excluding diaryl/α,β-unsaturated/α-hetero) is 1. The Balaban J connectivity index is 2.07. The molecule has 0 aliphatic heterocycles. The number of rotatable bonds is 0. The van der Waals surface area contributed by atoms with E-state index in [0.29, 0.717) is 11.2 Å². The molecule has 0 amide bonds. The second-order valence-electron chi connectivity index (χ2n) is 4.63. The minimum atomic E-state index is 0.480. The number of hydrogen-bond donors (Lipinski definition) is 0. The van der Waals surface area contributed by atoms with Crippen LogP contribution in [0.15, 0.2) is 0 Å². The van der Waals surface area contributed by atoms with Gasteiger partial charge in [0.2, 0.25) is 0 Å². The van der Waals surface area contributed by atoms with Crippen LogP contribution < -0.4 is 0 Å². The molecule has 0 radical (unpaired) electrons. The molecule has 68 valence electrons. The number of carbonyl (C=O) groups is 1. The van der Waals surface area contributed by atoms with Crippen LogP contribution >= 0.6 is 0 Å². The van der Waals surface area contributed by atoms with Crippen molar-refractivity contribution in [1.82, 2.24) is 0 Å². The summed E-state index contributed by atoms with van der Waals surface area (Å²) in [5.74, 6) is 0.536. The van der Waals surface area contributed by atoms with Gasteiger partial charge in [-0.3, -0.25) is 4.79 Å². The van der Waals surface area contributed by atoms with Crippen molar-refractivity contribution in [3.05, 3.63) is 0 Å². The summed E-state index contributed by atoms with van der Waals surface area (Å²) in [6.45, 7) is 0. The van der Waals surface area contributed by atoms with Gasteiger partial charge in [0.1, 0.15) is 5.78 Å². The molecule has 0 unspecified atom stereocenters. The van der Waals surface area contributed by atoms with Gasteiger partial charge < -0.3 is 0 Å². The molecule has 0 aromatic carbocycles. The SMILES string of the molecule is O=C1CCCCC2(CCCC2)C1. The van der Waals surface area contributed by atoms with Crippen molar-refractivity contribution in [2.75, 3.05) is 0 Å². The lowest BCUT2D eigenvalue weighted by atomic mass is 9.79. The third-order valence-corrected chi connectivity index (χ3v) is 3.65. The molecule has 0 saturated heterocycles. The molecular formula is C11H18O. The van der Waals surface area contributed by atoms with Crippen LogP contribution in [0.4, 0.5) is 0 Å². The Morgan fingerprint density at radius 3 is 2.17 bits per heavy atom. The maximum Gasteiger partial charge on any atom is 0.133 e. The van der Waals surface area contributed by atoms with Gasteiger partial charge in [-0.2, -0.15) is 0 Å². The predicted octanol–water partition coefficient (Wildman–Crippen LogP) is 3.08. The minimum Gasteiger partial charge on any atom is -0.300 e. The molecule has 0 bridgehead atoms. The van der Waals surface area contributed by atoms with E-state index in [9.17, 15) is 4.79 Å². The Morgan fingerprint density at radius 2 is 1.50 bits per heavy atom. The zero-order valence-electron chi connectivity index (χ0n) is 7.77. The number of carbonyl (C=O) groups excluding carboxylic acids is 1. The van der Waals surface area contributed by atoms with Crippen LogP contribution in [0.2, 0.25) is 0 Å². The Hall–Kier alpha value is -0.330. The van der Waals surface area contributed by atoms with E-state index < -0.39 is 0 Å². The first-order valence-corrected chi connectivity index (χ1v) is 5.33. The molecule has 0 N–H and O–H groups in total. The summed E-state index contributed by atoms with van der Waals surface area (Å²) in [6, 6.07) is 0. The van der Waals surface area contributed by atoms with Gasteiger partial charge in [0.15, 0.2) is 0 Å². The van der Waals surface area contributed by atoms with E-state index in [4.69, 9.17) is 0 Å². The van der Waals surface area contributed by atoms with Gasteiger partial charge >= 0.3 is 0 Å². The summed E-state index contributed by atoms with van der Waals surface area (Å²) >= 11 is 0. The van der Waals surface area contributed by atoms with Gasteiger partial charge in [0.05, 0.1) is 0 Å². The molecule has 0 atom stereocenters. The van der Waals surface area contributed by atoms with Gasteiger partial charge in [0.25, 0.3) is 0 Å². The fourth-order valence-electron chi connectivity index (χ4n) is 2.97. The highest BCUT2D eigenvalue weighted by atomic mass is 16.1. The quantitative estimate of drug-likeness (QED) is 0.540. The molecular weight excluding hydrogens is 148 g/mol. The summed E-state index contributed by atoms with van der Waals surface area (Å²) in [6.07, 6.45) is 11.0. The molecule has 2 rings (SSSR count). The smallest absolute Gasteiger partial charge is 0.133 e. The van der Waals surface area contributed by atoms with Gasteiger partial charge in [0, 0.05) is 12.8 Å². The second kappa shape index (κ2) is 3.20. The highest BCUT2D eigenvalue weighted by Crippen LogP contribution is 2.46. The zero-order chi connectivity index (χ0) is 8.44. The van der Waals surface area contributed by atoms with E-state index in [1.54, 1.807) is 0 Å². The average molecular weight is 166 g/mol. The molecule has 12 heavy (non-hydrogen) atoms. The lowest BCUT2D eigenvalue weighted by Gasteiger charge is -2.25. The van der Waals surface area contributed by atoms with Crippen LogP contribution in [0.1, 0.15) is 57.8 Å². The third kappa shape index (κ3) is 1.55. The van der Waals surface area contributed by atoms with Crippen molar-refractivity contribution in [3.63, 3.8) is 0 Å². The first-order chi connectivity index (χ1) is 5.81. The molecule has 0 aromatic rings. The van der Waals surface area contributed by atoms with Crippen LogP contribution in [-0.4, -0.2) is 5.78 Å². The maximum atomic E-state index is 11.4. The zero-order valence-corrected chi connectivity index (χ0v) is 7.77. The van der Waals surface area contributed by atoms with E-state index in [1.807, 2.05) is 0 Å². The summed E-state index contributed by atoms with van der Waals surface area (Å²) < 4.78 is 0. The summed E-state index contributed by atoms with van der Waals surface area (Å²) in [5, 5.41) is 0. The third-order valence-electron chi connectivity index (χ3n) is 3.65. The number of ketones is 1. The Bertz CT molecular complexity index is 177. The molecule has 0 heterocycles. The number of hydrogen-bond acceptors (Lipinski definition) is 1. The van der Waals surface area contributed by atoms with Gasteiger partial charge in [-0.1, -0.05) is 19.3 Å². The summed E-state index contributed by atoms with van der Waals surface area (Å²) in [5.41, 5.74) is 0.480. The largest absolute Gasteiger partial charge is 0.300 e. The fourth-order valence-corrected chi connectivity index (χ4v) is 2.97. The Morgan fingerprint density at radius 1 is 0.917 bits per heavy atom. The standard InChI is InChI=1S/C11H18O/c12-10-5-1-2-6-11(9-10)7-3-4-8-11/h1-9H2. The topological polar surface area (TPSA) is 17.1 Å². The Kier molecular flexibility index (Phi) is 2.20. The van der Waals surface area contributed by atoms with Crippen LogP contribution in [0.3, 0.4) is 0 Å². The van der Waals surface area contributed by atoms with E-state index in [0.717, 1.165) is 19.3 Å². The molecule has 2 aliphatic carbocycles. The van der Waals surface area contributed by atoms with Crippen molar-refractivity contribution in [1.29, 1.82) is 0 Å². The monoisotopic (exact) mass is 166 g/mol. The molecule has 1 heteroatoms. The van der Waals surface area contributed by atoms with Crippen LogP contribution in [0.5, 0.6) is 0 Å². The molecule has 0 aromatic heterocycles. The minimum absolute atomic E-state index is 0.480. The molecule has 1 spiro atoms. The van der Waals surface area contributed by atoms with Crippen LogP contribution in [0.25, 0.3) is 0 Å². The maximum absolute atomic E-state index is 11.4. The van der Waals surface area contributed by atoms with E-state index >= 15 is 0 Å². The molecule has 1 nitrogen and oxygen atoms in total. The summed E-state index contributed by atoms with van der Waals surface area (Å²) in [7, 11) is 0. The van der Waals surface area contributed by atoms with Gasteiger partial charge in [-0.15, -0.1) is 0 Å². The van der Waals surface area contributed by atoms with Crippen LogP contribution in [-0.2, 0) is 4.79 Å². The highest BCUT2D eigenvalue weighted by molar-refractivity contribution is 5.79. The van der Waals surface area contributed by atoms with E-state index in [2.05, 4.69) is 0 Å². The second-order valence-corrected chi connectivity index (χ2v) is 4.63. The van der Waals surface area contributed by atoms with Crippen molar-refractivity contribution >= 4 is 5.78 Å². The molecule has 2 aliphatic rings. The fraction of sp³-hybridized carbons (Fsp3) is 0.909.